The van der Waals surface area contributed by atoms with Crippen molar-refractivity contribution in [2.45, 2.75) is 31.5 Å². The molecule has 19 heavy (non-hydrogen) atoms. The molecule has 2 fully saturated rings. The SMILES string of the molecule is O=C1CCC(CNC(=O)C2(C(F)(F)F)CCNC2)N1. The molecular formula is C11H16F3N3O2. The molecule has 2 aliphatic rings. The van der Waals surface area contributed by atoms with Gasteiger partial charge in [0.1, 0.15) is 0 Å². The lowest BCUT2D eigenvalue weighted by Gasteiger charge is -2.29. The molecule has 0 aliphatic carbocycles. The molecule has 3 N–H and O–H groups in total. The zero-order chi connectivity index (χ0) is 14.1. The highest BCUT2D eigenvalue weighted by molar-refractivity contribution is 5.84. The number of alkyl halides is 3. The van der Waals surface area contributed by atoms with Gasteiger partial charge in [0.25, 0.3) is 0 Å². The van der Waals surface area contributed by atoms with Crippen LogP contribution in [0.1, 0.15) is 19.3 Å². The monoisotopic (exact) mass is 279 g/mol. The Balaban J connectivity index is 1.95. The maximum atomic E-state index is 13.1. The van der Waals surface area contributed by atoms with Crippen LogP contribution < -0.4 is 16.0 Å². The molecule has 8 heteroatoms. The molecular weight excluding hydrogens is 263 g/mol. The molecule has 2 aliphatic heterocycles. The van der Waals surface area contributed by atoms with Crippen LogP contribution in [-0.4, -0.2) is 43.7 Å². The molecule has 2 amide bonds. The Morgan fingerprint density at radius 3 is 2.68 bits per heavy atom. The van der Waals surface area contributed by atoms with Crippen molar-refractivity contribution in [3.8, 4) is 0 Å². The molecule has 0 saturated carbocycles. The Bertz CT molecular complexity index is 378. The number of carbonyl (C=O) groups excluding carboxylic acids is 2. The highest BCUT2D eigenvalue weighted by Crippen LogP contribution is 2.43. The standard InChI is InChI=1S/C11H16F3N3O2/c12-11(13,14)10(3-4-15-6-10)9(19)16-5-7-1-2-8(18)17-7/h7,15H,1-6H2,(H,16,19)(H,17,18). The Morgan fingerprint density at radius 2 is 2.21 bits per heavy atom. The number of hydrogen-bond acceptors (Lipinski definition) is 3. The minimum atomic E-state index is -4.57. The van der Waals surface area contributed by atoms with Crippen LogP contribution in [0.15, 0.2) is 0 Å². The molecule has 2 rings (SSSR count). The first-order valence-corrected chi connectivity index (χ1v) is 6.20. The van der Waals surface area contributed by atoms with E-state index in [9.17, 15) is 22.8 Å². The van der Waals surface area contributed by atoms with Crippen molar-refractivity contribution in [1.82, 2.24) is 16.0 Å². The van der Waals surface area contributed by atoms with E-state index in [-0.39, 0.29) is 38.0 Å². The normalized spacial score (nSPS) is 31.3. The van der Waals surface area contributed by atoms with Crippen LogP contribution in [0.25, 0.3) is 0 Å². The number of nitrogens with one attached hydrogen (secondary N) is 3. The van der Waals surface area contributed by atoms with Crippen LogP contribution in [0.4, 0.5) is 13.2 Å². The van der Waals surface area contributed by atoms with Crippen LogP contribution in [0.3, 0.4) is 0 Å². The molecule has 5 nitrogen and oxygen atoms in total. The number of amides is 2. The quantitative estimate of drug-likeness (QED) is 0.677. The average Bonchev–Trinajstić information content (AvgIpc) is 2.94. The molecule has 2 unspecified atom stereocenters. The van der Waals surface area contributed by atoms with Crippen molar-refractivity contribution in [1.29, 1.82) is 0 Å². The minimum absolute atomic E-state index is 0.0441. The predicted molar refractivity (Wildman–Crippen MR) is 60.1 cm³/mol. The highest BCUT2D eigenvalue weighted by atomic mass is 19.4. The molecule has 2 heterocycles. The summed E-state index contributed by atoms with van der Waals surface area (Å²) < 4.78 is 39.2. The molecule has 108 valence electrons. The van der Waals surface area contributed by atoms with Gasteiger partial charge in [0.05, 0.1) is 0 Å². The first kappa shape index (κ1) is 14.1. The van der Waals surface area contributed by atoms with Crippen molar-refractivity contribution >= 4 is 11.8 Å². The number of hydrogen-bond donors (Lipinski definition) is 3. The number of carbonyl (C=O) groups is 2. The smallest absolute Gasteiger partial charge is 0.353 e. The maximum absolute atomic E-state index is 13.1. The Labute approximate surface area is 108 Å². The number of halogens is 3. The van der Waals surface area contributed by atoms with E-state index < -0.39 is 17.5 Å². The first-order valence-electron chi connectivity index (χ1n) is 6.20. The van der Waals surface area contributed by atoms with Gasteiger partial charge >= 0.3 is 6.18 Å². The van der Waals surface area contributed by atoms with E-state index in [1.54, 1.807) is 0 Å². The van der Waals surface area contributed by atoms with Crippen molar-refractivity contribution in [2.24, 2.45) is 5.41 Å². The molecule has 0 spiro atoms. The van der Waals surface area contributed by atoms with Crippen molar-refractivity contribution in [3.05, 3.63) is 0 Å². The Hall–Kier alpha value is -1.31. The molecule has 0 aromatic heterocycles. The lowest BCUT2D eigenvalue weighted by atomic mass is 9.85. The van der Waals surface area contributed by atoms with Gasteiger partial charge in [0, 0.05) is 25.6 Å². The second kappa shape index (κ2) is 4.99. The van der Waals surface area contributed by atoms with E-state index in [1.165, 1.54) is 0 Å². The van der Waals surface area contributed by atoms with Crippen LogP contribution in [0.2, 0.25) is 0 Å². The summed E-state index contributed by atoms with van der Waals surface area (Å²) in [6.07, 6.45) is -3.93. The largest absolute Gasteiger partial charge is 0.404 e. The van der Waals surface area contributed by atoms with Gasteiger partial charge in [-0.05, 0) is 19.4 Å². The third-order valence-corrected chi connectivity index (χ3v) is 3.73. The van der Waals surface area contributed by atoms with Crippen LogP contribution in [0.5, 0.6) is 0 Å². The highest BCUT2D eigenvalue weighted by Gasteiger charge is 2.61. The van der Waals surface area contributed by atoms with E-state index in [0.29, 0.717) is 12.8 Å². The molecule has 2 saturated heterocycles. The van der Waals surface area contributed by atoms with E-state index in [0.717, 1.165) is 0 Å². The van der Waals surface area contributed by atoms with Crippen LogP contribution in [0, 0.1) is 5.41 Å². The maximum Gasteiger partial charge on any atom is 0.404 e. The summed E-state index contributed by atoms with van der Waals surface area (Å²) >= 11 is 0. The predicted octanol–water partition coefficient (Wildman–Crippen LogP) is -0.0768. The van der Waals surface area contributed by atoms with Gasteiger partial charge in [-0.1, -0.05) is 0 Å². The second-order valence-electron chi connectivity index (χ2n) is 5.02. The summed E-state index contributed by atoms with van der Waals surface area (Å²) in [5.74, 6) is -1.14. The zero-order valence-corrected chi connectivity index (χ0v) is 10.3. The van der Waals surface area contributed by atoms with Gasteiger partial charge in [0.2, 0.25) is 11.8 Å². The van der Waals surface area contributed by atoms with E-state index in [2.05, 4.69) is 16.0 Å². The second-order valence-corrected chi connectivity index (χ2v) is 5.02. The van der Waals surface area contributed by atoms with Crippen molar-refractivity contribution in [2.75, 3.05) is 19.6 Å². The van der Waals surface area contributed by atoms with Gasteiger partial charge < -0.3 is 16.0 Å². The molecule has 0 bridgehead atoms. The third-order valence-electron chi connectivity index (χ3n) is 3.73. The van der Waals surface area contributed by atoms with Gasteiger partial charge in [-0.3, -0.25) is 9.59 Å². The molecule has 2 atom stereocenters. The lowest BCUT2D eigenvalue weighted by molar-refractivity contribution is -0.216. The minimum Gasteiger partial charge on any atom is -0.353 e. The summed E-state index contributed by atoms with van der Waals surface area (Å²) in [6.45, 7) is -0.172. The fourth-order valence-electron chi connectivity index (χ4n) is 2.47. The van der Waals surface area contributed by atoms with Crippen molar-refractivity contribution in [3.63, 3.8) is 0 Å². The van der Waals surface area contributed by atoms with Crippen molar-refractivity contribution < 1.29 is 22.8 Å². The molecule has 0 radical (unpaired) electrons. The lowest BCUT2D eigenvalue weighted by Crippen LogP contribution is -2.54. The Morgan fingerprint density at radius 1 is 1.47 bits per heavy atom. The van der Waals surface area contributed by atoms with E-state index >= 15 is 0 Å². The molecule has 0 aromatic carbocycles. The summed E-state index contributed by atoms with van der Waals surface area (Å²) in [7, 11) is 0. The fraction of sp³-hybridized carbons (Fsp3) is 0.818. The summed E-state index contributed by atoms with van der Waals surface area (Å²) in [4.78, 5) is 22.8. The average molecular weight is 279 g/mol. The number of rotatable bonds is 3. The van der Waals surface area contributed by atoms with Gasteiger partial charge in [-0.15, -0.1) is 0 Å². The van der Waals surface area contributed by atoms with Crippen LogP contribution in [-0.2, 0) is 9.59 Å². The van der Waals surface area contributed by atoms with Gasteiger partial charge in [-0.25, -0.2) is 0 Å². The topological polar surface area (TPSA) is 70.2 Å². The zero-order valence-electron chi connectivity index (χ0n) is 10.3. The Kier molecular flexibility index (Phi) is 3.71. The first-order chi connectivity index (χ1) is 8.85. The fourth-order valence-corrected chi connectivity index (χ4v) is 2.47. The summed E-state index contributed by atoms with van der Waals surface area (Å²) in [6, 6.07) is -0.268. The molecule has 0 aromatic rings. The summed E-state index contributed by atoms with van der Waals surface area (Å²) in [5, 5.41) is 7.51. The van der Waals surface area contributed by atoms with E-state index in [4.69, 9.17) is 0 Å². The van der Waals surface area contributed by atoms with E-state index in [1.807, 2.05) is 0 Å². The van der Waals surface area contributed by atoms with Gasteiger partial charge in [-0.2, -0.15) is 13.2 Å². The van der Waals surface area contributed by atoms with Crippen LogP contribution >= 0.6 is 0 Å². The third kappa shape index (κ3) is 2.68. The van der Waals surface area contributed by atoms with Gasteiger partial charge in [0.15, 0.2) is 5.41 Å². The summed E-state index contributed by atoms with van der Waals surface area (Å²) in [5.41, 5.74) is -2.34.